The van der Waals surface area contributed by atoms with E-state index in [-0.39, 0.29) is 6.23 Å². The van der Waals surface area contributed by atoms with Crippen molar-refractivity contribution in [2.75, 3.05) is 11.6 Å². The van der Waals surface area contributed by atoms with Crippen LogP contribution in [0.4, 0.5) is 5.69 Å². The molecule has 4 rings (SSSR count). The average molecular weight is 352 g/mol. The Balaban J connectivity index is 1.79. The van der Waals surface area contributed by atoms with E-state index < -0.39 is 0 Å². The van der Waals surface area contributed by atoms with Crippen molar-refractivity contribution in [3.8, 4) is 17.1 Å². The number of fused-ring (bicyclic) bond motifs is 3. The SMILES string of the molecule is CSc1nnc2c(n1)OC(/C(C)=C/c1ccco1)Nc1ccccc1-2. The Morgan fingerprint density at radius 3 is 2.88 bits per heavy atom. The second-order valence-electron chi connectivity index (χ2n) is 5.54. The fraction of sp³-hybridized carbons (Fsp3) is 0.167. The Bertz CT molecular complexity index is 925. The number of anilines is 1. The van der Waals surface area contributed by atoms with Crippen LogP contribution in [0.1, 0.15) is 12.7 Å². The molecule has 2 aromatic heterocycles. The zero-order chi connectivity index (χ0) is 17.2. The Labute approximate surface area is 149 Å². The molecule has 25 heavy (non-hydrogen) atoms. The smallest absolute Gasteiger partial charge is 0.247 e. The average Bonchev–Trinajstić information content (AvgIpc) is 3.08. The van der Waals surface area contributed by atoms with Crippen LogP contribution in [-0.2, 0) is 0 Å². The first-order valence-electron chi connectivity index (χ1n) is 7.77. The van der Waals surface area contributed by atoms with Gasteiger partial charge in [0.15, 0.2) is 11.9 Å². The molecule has 1 N–H and O–H groups in total. The van der Waals surface area contributed by atoms with Crippen molar-refractivity contribution in [2.45, 2.75) is 18.3 Å². The third-order valence-corrected chi connectivity index (χ3v) is 4.38. The van der Waals surface area contributed by atoms with Crippen LogP contribution in [0.2, 0.25) is 0 Å². The molecular formula is C18H16N4O2S. The van der Waals surface area contributed by atoms with E-state index in [2.05, 4.69) is 20.5 Å². The van der Waals surface area contributed by atoms with Crippen LogP contribution in [0.5, 0.6) is 5.88 Å². The van der Waals surface area contributed by atoms with Gasteiger partial charge in [-0.2, -0.15) is 4.98 Å². The predicted octanol–water partition coefficient (Wildman–Crippen LogP) is 4.09. The van der Waals surface area contributed by atoms with Crippen molar-refractivity contribution in [2.24, 2.45) is 0 Å². The second kappa shape index (κ2) is 6.60. The second-order valence-corrected chi connectivity index (χ2v) is 6.32. The molecular weight excluding hydrogens is 336 g/mol. The minimum absolute atomic E-state index is 0.390. The lowest BCUT2D eigenvalue weighted by Gasteiger charge is -2.19. The number of furan rings is 1. The van der Waals surface area contributed by atoms with Crippen LogP contribution < -0.4 is 10.1 Å². The molecule has 0 spiro atoms. The van der Waals surface area contributed by atoms with Gasteiger partial charge in [0.2, 0.25) is 11.0 Å². The maximum Gasteiger partial charge on any atom is 0.247 e. The van der Waals surface area contributed by atoms with E-state index in [0.29, 0.717) is 16.7 Å². The molecule has 0 radical (unpaired) electrons. The number of para-hydroxylation sites is 1. The van der Waals surface area contributed by atoms with Crippen molar-refractivity contribution >= 4 is 23.5 Å². The minimum atomic E-state index is -0.390. The first-order chi connectivity index (χ1) is 12.2. The van der Waals surface area contributed by atoms with Gasteiger partial charge in [-0.3, -0.25) is 0 Å². The number of ether oxygens (including phenoxy) is 1. The number of nitrogens with one attached hydrogen (secondary N) is 1. The highest BCUT2D eigenvalue weighted by molar-refractivity contribution is 7.98. The number of nitrogens with zero attached hydrogens (tertiary/aromatic N) is 3. The Hall–Kier alpha value is -2.80. The molecule has 1 aliphatic heterocycles. The van der Waals surface area contributed by atoms with Crippen LogP contribution in [0, 0.1) is 0 Å². The fourth-order valence-electron chi connectivity index (χ4n) is 2.61. The number of aromatic nitrogens is 3. The van der Waals surface area contributed by atoms with Crippen LogP contribution in [0.25, 0.3) is 17.3 Å². The molecule has 1 aliphatic rings. The van der Waals surface area contributed by atoms with Gasteiger partial charge in [0.1, 0.15) is 5.76 Å². The molecule has 0 saturated carbocycles. The van der Waals surface area contributed by atoms with Gasteiger partial charge >= 0.3 is 0 Å². The third-order valence-electron chi connectivity index (χ3n) is 3.84. The summed E-state index contributed by atoms with van der Waals surface area (Å²) in [6, 6.07) is 11.7. The molecule has 0 bridgehead atoms. The zero-order valence-electron chi connectivity index (χ0n) is 13.8. The zero-order valence-corrected chi connectivity index (χ0v) is 14.6. The van der Waals surface area contributed by atoms with Gasteiger partial charge in [0.25, 0.3) is 0 Å². The highest BCUT2D eigenvalue weighted by Crippen LogP contribution is 2.37. The molecule has 126 valence electrons. The molecule has 0 aliphatic carbocycles. The molecule has 3 aromatic rings. The molecule has 7 heteroatoms. The van der Waals surface area contributed by atoms with Crippen molar-refractivity contribution in [3.05, 3.63) is 54.0 Å². The molecule has 3 heterocycles. The summed E-state index contributed by atoms with van der Waals surface area (Å²) in [5.74, 6) is 1.24. The van der Waals surface area contributed by atoms with E-state index in [1.54, 1.807) is 6.26 Å². The quantitative estimate of drug-likeness (QED) is 0.712. The van der Waals surface area contributed by atoms with Gasteiger partial charge < -0.3 is 14.5 Å². The molecule has 6 nitrogen and oxygen atoms in total. The van der Waals surface area contributed by atoms with Crippen LogP contribution >= 0.6 is 11.8 Å². The molecule has 0 amide bonds. The summed E-state index contributed by atoms with van der Waals surface area (Å²) >= 11 is 1.43. The number of hydrogen-bond donors (Lipinski definition) is 1. The van der Waals surface area contributed by atoms with Crippen LogP contribution in [-0.4, -0.2) is 27.7 Å². The van der Waals surface area contributed by atoms with Crippen LogP contribution in [0.3, 0.4) is 0 Å². The van der Waals surface area contributed by atoms with E-state index in [0.717, 1.165) is 22.6 Å². The van der Waals surface area contributed by atoms with E-state index >= 15 is 0 Å². The molecule has 1 aromatic carbocycles. The van der Waals surface area contributed by atoms with Gasteiger partial charge in [-0.1, -0.05) is 30.0 Å². The van der Waals surface area contributed by atoms with Gasteiger partial charge in [-0.25, -0.2) is 0 Å². The third kappa shape index (κ3) is 3.10. The van der Waals surface area contributed by atoms with Gasteiger partial charge in [0.05, 0.1) is 6.26 Å². The van der Waals surface area contributed by atoms with E-state index in [1.807, 2.05) is 55.7 Å². The molecule has 1 unspecified atom stereocenters. The summed E-state index contributed by atoms with van der Waals surface area (Å²) in [4.78, 5) is 4.50. The van der Waals surface area contributed by atoms with Gasteiger partial charge in [-0.05, 0) is 43.0 Å². The lowest BCUT2D eigenvalue weighted by molar-refractivity contribution is 0.255. The van der Waals surface area contributed by atoms with E-state index in [4.69, 9.17) is 9.15 Å². The maximum absolute atomic E-state index is 6.14. The van der Waals surface area contributed by atoms with Crippen molar-refractivity contribution < 1.29 is 9.15 Å². The highest BCUT2D eigenvalue weighted by Gasteiger charge is 2.25. The molecule has 0 fully saturated rings. The van der Waals surface area contributed by atoms with Crippen molar-refractivity contribution in [1.82, 2.24) is 15.2 Å². The Morgan fingerprint density at radius 1 is 1.20 bits per heavy atom. The topological polar surface area (TPSA) is 73.1 Å². The fourth-order valence-corrected chi connectivity index (χ4v) is 2.91. The summed E-state index contributed by atoms with van der Waals surface area (Å²) in [7, 11) is 0. The summed E-state index contributed by atoms with van der Waals surface area (Å²) < 4.78 is 11.5. The number of hydrogen-bond acceptors (Lipinski definition) is 7. The maximum atomic E-state index is 6.14. The van der Waals surface area contributed by atoms with Crippen molar-refractivity contribution in [1.29, 1.82) is 0 Å². The first kappa shape index (κ1) is 15.7. The highest BCUT2D eigenvalue weighted by atomic mass is 32.2. The number of benzene rings is 1. The summed E-state index contributed by atoms with van der Waals surface area (Å²) in [6.07, 6.45) is 5.10. The van der Waals surface area contributed by atoms with E-state index in [1.165, 1.54) is 11.8 Å². The minimum Gasteiger partial charge on any atom is -0.465 e. The van der Waals surface area contributed by atoms with Crippen molar-refractivity contribution in [3.63, 3.8) is 0 Å². The predicted molar refractivity (Wildman–Crippen MR) is 97.4 cm³/mol. The molecule has 0 saturated heterocycles. The monoisotopic (exact) mass is 352 g/mol. The lowest BCUT2D eigenvalue weighted by atomic mass is 10.1. The molecule has 1 atom stereocenters. The van der Waals surface area contributed by atoms with Gasteiger partial charge in [0, 0.05) is 11.3 Å². The Morgan fingerprint density at radius 2 is 2.08 bits per heavy atom. The normalized spacial score (nSPS) is 16.2. The number of rotatable bonds is 3. The standard InChI is InChI=1S/C18H16N4O2S/c1-11(10-12-6-5-9-23-12)16-19-14-8-4-3-7-13(14)15-17(24-16)20-18(25-2)22-21-15/h3-10,16,19H,1-2H3/b11-10+. The summed E-state index contributed by atoms with van der Waals surface area (Å²) in [5.41, 5.74) is 3.43. The Kier molecular flexibility index (Phi) is 4.15. The van der Waals surface area contributed by atoms with E-state index in [9.17, 15) is 0 Å². The largest absolute Gasteiger partial charge is 0.465 e. The van der Waals surface area contributed by atoms with Gasteiger partial charge in [-0.15, -0.1) is 10.2 Å². The summed E-state index contributed by atoms with van der Waals surface area (Å²) in [6.45, 7) is 1.98. The lowest BCUT2D eigenvalue weighted by Crippen LogP contribution is -2.27. The van der Waals surface area contributed by atoms with Crippen LogP contribution in [0.15, 0.2) is 57.8 Å². The summed E-state index contributed by atoms with van der Waals surface area (Å²) in [5, 5.41) is 12.5. The number of thioether (sulfide) groups is 1. The first-order valence-corrected chi connectivity index (χ1v) is 9.00.